The predicted molar refractivity (Wildman–Crippen MR) is 104 cm³/mol. The van der Waals surface area contributed by atoms with Crippen molar-refractivity contribution in [3.05, 3.63) is 56.0 Å². The summed E-state index contributed by atoms with van der Waals surface area (Å²) in [6, 6.07) is 3.96. The molecule has 0 unspecified atom stereocenters. The maximum atomic E-state index is 12.2. The van der Waals surface area contributed by atoms with E-state index in [1.165, 1.54) is 16.2 Å². The summed E-state index contributed by atoms with van der Waals surface area (Å²) in [4.78, 5) is 18.5. The normalized spacial score (nSPS) is 11.4. The number of nitrogens with zero attached hydrogens (tertiary/aromatic N) is 3. The Morgan fingerprint density at radius 3 is 2.80 bits per heavy atom. The van der Waals surface area contributed by atoms with E-state index in [4.69, 9.17) is 0 Å². The summed E-state index contributed by atoms with van der Waals surface area (Å²) >= 11 is 3.11. The molecular formula is C18H20N4OS2. The van der Waals surface area contributed by atoms with E-state index >= 15 is 0 Å². The average molecular weight is 373 g/mol. The van der Waals surface area contributed by atoms with Crippen molar-refractivity contribution >= 4 is 34.8 Å². The fraction of sp³-hybridized carbons (Fsp3) is 0.278. The fourth-order valence-electron chi connectivity index (χ4n) is 2.74. The van der Waals surface area contributed by atoms with Gasteiger partial charge >= 0.3 is 0 Å². The zero-order valence-electron chi connectivity index (χ0n) is 14.7. The highest BCUT2D eigenvalue weighted by Crippen LogP contribution is 2.23. The van der Waals surface area contributed by atoms with Crippen LogP contribution >= 0.6 is 22.7 Å². The largest absolute Gasteiger partial charge is 0.294 e. The van der Waals surface area contributed by atoms with Gasteiger partial charge in [-0.25, -0.2) is 10.4 Å². The topological polar surface area (TPSA) is 59.3 Å². The molecule has 5 nitrogen and oxygen atoms in total. The minimum absolute atomic E-state index is 0.169. The van der Waals surface area contributed by atoms with Gasteiger partial charge in [-0.3, -0.25) is 9.36 Å². The molecule has 0 saturated heterocycles. The molecular weight excluding hydrogens is 352 g/mol. The first kappa shape index (κ1) is 17.6. The maximum Gasteiger partial charge on any atom is 0.281 e. The minimum Gasteiger partial charge on any atom is -0.294 e. The second-order valence-electron chi connectivity index (χ2n) is 5.75. The van der Waals surface area contributed by atoms with Gasteiger partial charge in [0.05, 0.1) is 11.1 Å². The van der Waals surface area contributed by atoms with Gasteiger partial charge in [-0.15, -0.1) is 22.7 Å². The number of carbonyl (C=O) groups excluding carboxylic acids is 1. The summed E-state index contributed by atoms with van der Waals surface area (Å²) in [5, 5.41) is 7.02. The second-order valence-corrected chi connectivity index (χ2v) is 7.76. The Morgan fingerprint density at radius 1 is 1.36 bits per heavy atom. The Morgan fingerprint density at radius 2 is 2.16 bits per heavy atom. The van der Waals surface area contributed by atoms with Gasteiger partial charge in [0.15, 0.2) is 5.13 Å². The van der Waals surface area contributed by atoms with Crippen LogP contribution in [0.2, 0.25) is 0 Å². The van der Waals surface area contributed by atoms with E-state index < -0.39 is 0 Å². The number of aryl methyl sites for hydroxylation is 3. The lowest BCUT2D eigenvalue weighted by molar-refractivity contribution is 0.0959. The highest BCUT2D eigenvalue weighted by molar-refractivity contribution is 7.14. The standard InChI is InChI=1S/C18H20N4OS2/c1-5-15-11(2)8-16(25-15)17(23)21-20-10-14-9-12(3)22(13(14)4)18-19-6-7-24-18/h6-10H,5H2,1-4H3,(H,21,23)/b20-10-. The predicted octanol–water partition coefficient (Wildman–Crippen LogP) is 4.25. The molecule has 0 bridgehead atoms. The third-order valence-corrected chi connectivity index (χ3v) is 6.15. The summed E-state index contributed by atoms with van der Waals surface area (Å²) < 4.78 is 2.09. The zero-order chi connectivity index (χ0) is 18.0. The van der Waals surface area contributed by atoms with Crippen LogP contribution in [0.25, 0.3) is 5.13 Å². The van der Waals surface area contributed by atoms with Crippen molar-refractivity contribution in [1.29, 1.82) is 0 Å². The van der Waals surface area contributed by atoms with E-state index in [-0.39, 0.29) is 5.91 Å². The molecule has 3 aromatic heterocycles. The van der Waals surface area contributed by atoms with Gasteiger partial charge in [-0.05, 0) is 44.9 Å². The number of hydrogen-bond donors (Lipinski definition) is 1. The van der Waals surface area contributed by atoms with Crippen LogP contribution in [-0.4, -0.2) is 21.7 Å². The van der Waals surface area contributed by atoms with Crippen LogP contribution in [0.4, 0.5) is 0 Å². The molecule has 0 spiro atoms. The van der Waals surface area contributed by atoms with E-state index in [1.54, 1.807) is 23.7 Å². The molecule has 0 aliphatic heterocycles. The van der Waals surface area contributed by atoms with Gasteiger partial charge in [0, 0.05) is 33.4 Å². The van der Waals surface area contributed by atoms with Gasteiger partial charge in [-0.2, -0.15) is 5.10 Å². The zero-order valence-corrected chi connectivity index (χ0v) is 16.3. The number of carbonyl (C=O) groups is 1. The van der Waals surface area contributed by atoms with Crippen LogP contribution in [0.5, 0.6) is 0 Å². The SMILES string of the molecule is CCc1sc(C(=O)N/N=C\c2cc(C)n(-c3nccs3)c2C)cc1C. The van der Waals surface area contributed by atoms with Gasteiger partial charge in [0.2, 0.25) is 0 Å². The maximum absolute atomic E-state index is 12.2. The average Bonchev–Trinajstić information content (AvgIpc) is 3.28. The monoisotopic (exact) mass is 372 g/mol. The third kappa shape index (κ3) is 3.57. The molecule has 1 amide bonds. The van der Waals surface area contributed by atoms with E-state index in [1.807, 2.05) is 38.3 Å². The van der Waals surface area contributed by atoms with E-state index in [0.717, 1.165) is 34.1 Å². The molecule has 7 heteroatoms. The van der Waals surface area contributed by atoms with Crippen LogP contribution in [0.15, 0.2) is 28.8 Å². The van der Waals surface area contributed by atoms with Crippen molar-refractivity contribution in [1.82, 2.24) is 15.0 Å². The molecule has 3 rings (SSSR count). The molecule has 0 atom stereocenters. The first-order valence-corrected chi connectivity index (χ1v) is 9.72. The third-order valence-electron chi connectivity index (χ3n) is 4.02. The first-order chi connectivity index (χ1) is 12.0. The Bertz CT molecular complexity index is 919. The van der Waals surface area contributed by atoms with Crippen LogP contribution in [0.1, 0.15) is 44.0 Å². The van der Waals surface area contributed by atoms with Crippen molar-refractivity contribution < 1.29 is 4.79 Å². The molecule has 0 aliphatic carbocycles. The molecule has 3 heterocycles. The molecule has 0 aliphatic rings. The number of hydrazone groups is 1. The fourth-order valence-corrected chi connectivity index (χ4v) is 4.49. The number of hydrogen-bond acceptors (Lipinski definition) is 5. The summed E-state index contributed by atoms with van der Waals surface area (Å²) in [6.07, 6.45) is 4.42. The van der Waals surface area contributed by atoms with Crippen LogP contribution in [0.3, 0.4) is 0 Å². The number of nitrogens with one attached hydrogen (secondary N) is 1. The highest BCUT2D eigenvalue weighted by atomic mass is 32.1. The lowest BCUT2D eigenvalue weighted by Crippen LogP contribution is -2.16. The molecule has 130 valence electrons. The molecule has 1 N–H and O–H groups in total. The molecule has 25 heavy (non-hydrogen) atoms. The Hall–Kier alpha value is -2.25. The molecule has 0 fully saturated rings. The van der Waals surface area contributed by atoms with Crippen molar-refractivity contribution in [2.45, 2.75) is 34.1 Å². The minimum atomic E-state index is -0.169. The van der Waals surface area contributed by atoms with Crippen molar-refractivity contribution in [2.24, 2.45) is 5.10 Å². The van der Waals surface area contributed by atoms with Gasteiger partial charge in [0.1, 0.15) is 0 Å². The Labute approximate surface area is 155 Å². The number of rotatable bonds is 5. The second kappa shape index (κ2) is 7.33. The van der Waals surface area contributed by atoms with Gasteiger partial charge in [-0.1, -0.05) is 6.92 Å². The Kier molecular flexibility index (Phi) is 5.15. The molecule has 0 saturated carbocycles. The molecule has 0 aromatic carbocycles. The molecule has 0 radical (unpaired) electrons. The van der Waals surface area contributed by atoms with Crippen molar-refractivity contribution in [2.75, 3.05) is 0 Å². The molecule has 3 aromatic rings. The number of aromatic nitrogens is 2. The smallest absolute Gasteiger partial charge is 0.281 e. The quantitative estimate of drug-likeness (QED) is 0.538. The first-order valence-electron chi connectivity index (χ1n) is 8.02. The van der Waals surface area contributed by atoms with Crippen LogP contribution in [0, 0.1) is 20.8 Å². The van der Waals surface area contributed by atoms with Crippen molar-refractivity contribution in [3.8, 4) is 5.13 Å². The lowest BCUT2D eigenvalue weighted by Gasteiger charge is -2.04. The summed E-state index contributed by atoms with van der Waals surface area (Å²) in [6.45, 7) is 8.18. The lowest BCUT2D eigenvalue weighted by atomic mass is 10.2. The summed E-state index contributed by atoms with van der Waals surface area (Å²) in [5.41, 5.74) is 6.88. The van der Waals surface area contributed by atoms with E-state index in [0.29, 0.717) is 4.88 Å². The van der Waals surface area contributed by atoms with Gasteiger partial charge in [0.25, 0.3) is 5.91 Å². The summed E-state index contributed by atoms with van der Waals surface area (Å²) in [5.74, 6) is -0.169. The number of thiazole rings is 1. The van der Waals surface area contributed by atoms with E-state index in [2.05, 4.69) is 27.0 Å². The van der Waals surface area contributed by atoms with E-state index in [9.17, 15) is 4.79 Å². The van der Waals surface area contributed by atoms with Crippen LogP contribution in [-0.2, 0) is 6.42 Å². The summed E-state index contributed by atoms with van der Waals surface area (Å²) in [7, 11) is 0. The van der Waals surface area contributed by atoms with Gasteiger partial charge < -0.3 is 0 Å². The number of amides is 1. The number of thiophene rings is 1. The highest BCUT2D eigenvalue weighted by Gasteiger charge is 2.12. The van der Waals surface area contributed by atoms with Crippen LogP contribution < -0.4 is 5.43 Å². The van der Waals surface area contributed by atoms with Crippen molar-refractivity contribution in [3.63, 3.8) is 0 Å². The Balaban J connectivity index is 1.74.